The first-order valence-electron chi connectivity index (χ1n) is 26.4. The summed E-state index contributed by atoms with van der Waals surface area (Å²) in [5.74, 6) is -0.843. The van der Waals surface area contributed by atoms with Crippen molar-refractivity contribution in [2.45, 2.75) is 282 Å². The van der Waals surface area contributed by atoms with E-state index in [2.05, 4.69) is 38.2 Å². The van der Waals surface area contributed by atoms with Crippen LogP contribution in [0.3, 0.4) is 0 Å². The van der Waals surface area contributed by atoms with Crippen LogP contribution in [0.1, 0.15) is 245 Å². The Kier molecular flexibility index (Phi) is 41.4. The van der Waals surface area contributed by atoms with Gasteiger partial charge in [0.2, 0.25) is 0 Å². The van der Waals surface area contributed by atoms with Gasteiger partial charge in [-0.2, -0.15) is 0 Å². The summed E-state index contributed by atoms with van der Waals surface area (Å²) in [7, 11) is 0. The molecule has 0 aromatic rings. The van der Waals surface area contributed by atoms with Gasteiger partial charge in [0.25, 0.3) is 0 Å². The van der Waals surface area contributed by atoms with Crippen LogP contribution in [0.4, 0.5) is 0 Å². The van der Waals surface area contributed by atoms with E-state index in [0.29, 0.717) is 6.42 Å². The van der Waals surface area contributed by atoms with E-state index in [1.807, 2.05) is 0 Å². The van der Waals surface area contributed by atoms with E-state index in [0.717, 1.165) is 44.9 Å². The SMILES string of the molecule is CCCCCCCCCCCCCCCC/C=C/CC/C=C/CCCC(=O)O[C@H](COC(=O)CCCCCCCCCCCCCCCCC)CO[C@@H]1O[C@H](CO)[C@H](O)C(O)C1O. The molecule has 0 saturated carbocycles. The highest BCUT2D eigenvalue weighted by atomic mass is 16.7. The molecule has 370 valence electrons. The highest BCUT2D eigenvalue weighted by molar-refractivity contribution is 5.70. The van der Waals surface area contributed by atoms with Gasteiger partial charge in [-0.1, -0.05) is 212 Å². The average molecular weight is 895 g/mol. The fourth-order valence-corrected chi connectivity index (χ4v) is 8.15. The lowest BCUT2D eigenvalue weighted by molar-refractivity contribution is -0.305. The maximum atomic E-state index is 12.8. The zero-order valence-electron chi connectivity index (χ0n) is 40.6. The number of carbonyl (C=O) groups excluding carboxylic acids is 2. The molecule has 10 heteroatoms. The van der Waals surface area contributed by atoms with Crippen molar-refractivity contribution in [2.24, 2.45) is 0 Å². The first-order chi connectivity index (χ1) is 30.8. The highest BCUT2D eigenvalue weighted by Crippen LogP contribution is 2.23. The van der Waals surface area contributed by atoms with Crippen LogP contribution < -0.4 is 0 Å². The van der Waals surface area contributed by atoms with Gasteiger partial charge in [-0.05, 0) is 44.9 Å². The molecule has 0 aliphatic carbocycles. The van der Waals surface area contributed by atoms with Gasteiger partial charge in [-0.15, -0.1) is 0 Å². The summed E-state index contributed by atoms with van der Waals surface area (Å²) >= 11 is 0. The number of esters is 2. The van der Waals surface area contributed by atoms with Gasteiger partial charge in [0.1, 0.15) is 31.0 Å². The molecular formula is C53H98O10. The second kappa shape index (κ2) is 44.0. The highest BCUT2D eigenvalue weighted by Gasteiger charge is 2.44. The van der Waals surface area contributed by atoms with E-state index in [1.54, 1.807) is 0 Å². The Balaban J connectivity index is 2.26. The summed E-state index contributed by atoms with van der Waals surface area (Å²) in [6, 6.07) is 0. The number of hydrogen-bond acceptors (Lipinski definition) is 10. The van der Waals surface area contributed by atoms with E-state index >= 15 is 0 Å². The summed E-state index contributed by atoms with van der Waals surface area (Å²) < 4.78 is 22.2. The fourth-order valence-electron chi connectivity index (χ4n) is 8.15. The van der Waals surface area contributed by atoms with Crippen molar-refractivity contribution < 1.29 is 49.0 Å². The van der Waals surface area contributed by atoms with Gasteiger partial charge in [-0.25, -0.2) is 0 Å². The molecule has 6 atom stereocenters. The zero-order valence-corrected chi connectivity index (χ0v) is 40.6. The molecule has 4 N–H and O–H groups in total. The van der Waals surface area contributed by atoms with Crippen LogP contribution in [0.25, 0.3) is 0 Å². The second-order valence-electron chi connectivity index (χ2n) is 18.3. The zero-order chi connectivity index (χ0) is 45.9. The normalized spacial score (nSPS) is 19.6. The van der Waals surface area contributed by atoms with Crippen molar-refractivity contribution in [1.29, 1.82) is 0 Å². The number of aliphatic hydroxyl groups excluding tert-OH is 4. The quantitative estimate of drug-likeness (QED) is 0.0264. The van der Waals surface area contributed by atoms with Gasteiger partial charge >= 0.3 is 11.9 Å². The molecule has 1 aliphatic rings. The molecule has 0 spiro atoms. The summed E-state index contributed by atoms with van der Waals surface area (Å²) in [5, 5.41) is 40.2. The Bertz CT molecular complexity index is 1080. The van der Waals surface area contributed by atoms with Crippen molar-refractivity contribution in [2.75, 3.05) is 19.8 Å². The molecule has 2 unspecified atom stereocenters. The van der Waals surface area contributed by atoms with Gasteiger partial charge < -0.3 is 39.4 Å². The molecule has 0 bridgehead atoms. The molecule has 10 nitrogen and oxygen atoms in total. The number of hydrogen-bond donors (Lipinski definition) is 4. The molecule has 1 saturated heterocycles. The maximum absolute atomic E-state index is 12.8. The molecule has 0 radical (unpaired) electrons. The van der Waals surface area contributed by atoms with E-state index in [1.165, 1.54) is 167 Å². The number of aliphatic hydroxyl groups is 4. The Morgan fingerprint density at radius 1 is 0.476 bits per heavy atom. The van der Waals surface area contributed by atoms with E-state index < -0.39 is 49.4 Å². The molecule has 1 heterocycles. The Morgan fingerprint density at radius 2 is 0.873 bits per heavy atom. The Morgan fingerprint density at radius 3 is 1.33 bits per heavy atom. The van der Waals surface area contributed by atoms with Crippen LogP contribution in [0.2, 0.25) is 0 Å². The largest absolute Gasteiger partial charge is 0.462 e. The monoisotopic (exact) mass is 895 g/mol. The average Bonchev–Trinajstić information content (AvgIpc) is 3.28. The minimum Gasteiger partial charge on any atom is -0.462 e. The van der Waals surface area contributed by atoms with E-state index in [9.17, 15) is 30.0 Å². The first-order valence-corrected chi connectivity index (χ1v) is 26.4. The number of carbonyl (C=O) groups is 2. The summed E-state index contributed by atoms with van der Waals surface area (Å²) in [6.45, 7) is 3.43. The van der Waals surface area contributed by atoms with Crippen LogP contribution in [-0.2, 0) is 28.5 Å². The van der Waals surface area contributed by atoms with Gasteiger partial charge in [0.05, 0.1) is 13.2 Å². The van der Waals surface area contributed by atoms with Crippen molar-refractivity contribution in [3.05, 3.63) is 24.3 Å². The minimum atomic E-state index is -1.60. The first kappa shape index (κ1) is 59.2. The summed E-state index contributed by atoms with van der Waals surface area (Å²) in [5.41, 5.74) is 0. The topological polar surface area (TPSA) is 152 Å². The summed E-state index contributed by atoms with van der Waals surface area (Å²) in [4.78, 5) is 25.4. The lowest BCUT2D eigenvalue weighted by Gasteiger charge is -2.39. The molecule has 0 aromatic carbocycles. The van der Waals surface area contributed by atoms with Crippen LogP contribution >= 0.6 is 0 Å². The standard InChI is InChI=1S/C53H98O10/c1-3-5-7-9-11-13-15-17-19-20-21-22-23-24-25-26-28-30-32-34-36-38-40-42-49(56)62-46(45-61-53-52(59)51(58)50(57)47(43-54)63-53)44-60-48(55)41-39-37-35-33-31-29-27-18-16-14-12-10-8-6-4-2/h26,28,34,36,46-47,50-54,57-59H,3-25,27,29-33,35,37-45H2,1-2H3/b28-26+,36-34+/t46-,47-,50+,51?,52?,53-/m1/s1. The van der Waals surface area contributed by atoms with Gasteiger partial charge in [0.15, 0.2) is 12.4 Å². The van der Waals surface area contributed by atoms with Crippen LogP contribution in [0.15, 0.2) is 24.3 Å². The van der Waals surface area contributed by atoms with Crippen molar-refractivity contribution in [1.82, 2.24) is 0 Å². The molecule has 1 aliphatic heterocycles. The third kappa shape index (κ3) is 35.1. The number of unbranched alkanes of at least 4 members (excludes halogenated alkanes) is 30. The Hall–Kier alpha value is -1.82. The molecule has 0 amide bonds. The van der Waals surface area contributed by atoms with Gasteiger partial charge in [-0.3, -0.25) is 9.59 Å². The van der Waals surface area contributed by atoms with E-state index in [4.69, 9.17) is 18.9 Å². The Labute approximate surface area is 385 Å². The third-order valence-corrected chi connectivity index (χ3v) is 12.3. The number of allylic oxidation sites excluding steroid dienone is 4. The van der Waals surface area contributed by atoms with E-state index in [-0.39, 0.29) is 32.0 Å². The maximum Gasteiger partial charge on any atom is 0.306 e. The lowest BCUT2D eigenvalue weighted by Crippen LogP contribution is -2.59. The van der Waals surface area contributed by atoms with Crippen LogP contribution in [-0.4, -0.2) is 89.0 Å². The second-order valence-corrected chi connectivity index (χ2v) is 18.3. The van der Waals surface area contributed by atoms with Crippen LogP contribution in [0.5, 0.6) is 0 Å². The predicted molar refractivity (Wildman–Crippen MR) is 256 cm³/mol. The third-order valence-electron chi connectivity index (χ3n) is 12.3. The van der Waals surface area contributed by atoms with Crippen molar-refractivity contribution in [3.63, 3.8) is 0 Å². The molecule has 1 rings (SSSR count). The number of ether oxygens (including phenoxy) is 4. The molecule has 1 fully saturated rings. The van der Waals surface area contributed by atoms with Crippen LogP contribution in [0, 0.1) is 0 Å². The van der Waals surface area contributed by atoms with Crippen molar-refractivity contribution in [3.8, 4) is 0 Å². The number of rotatable bonds is 45. The molecule has 0 aromatic heterocycles. The fraction of sp³-hybridized carbons (Fsp3) is 0.887. The lowest BCUT2D eigenvalue weighted by atomic mass is 9.99. The van der Waals surface area contributed by atoms with Crippen molar-refractivity contribution >= 4 is 11.9 Å². The summed E-state index contributed by atoms with van der Waals surface area (Å²) in [6.07, 6.45) is 43.4. The predicted octanol–water partition coefficient (Wildman–Crippen LogP) is 12.5. The molecule has 63 heavy (non-hydrogen) atoms. The van der Waals surface area contributed by atoms with Gasteiger partial charge in [0, 0.05) is 12.8 Å². The minimum absolute atomic E-state index is 0.174. The molecular weight excluding hydrogens is 797 g/mol. The smallest absolute Gasteiger partial charge is 0.306 e.